The summed E-state index contributed by atoms with van der Waals surface area (Å²) in [6.07, 6.45) is 1.67. The summed E-state index contributed by atoms with van der Waals surface area (Å²) in [5, 5.41) is 12.2. The first-order chi connectivity index (χ1) is 10.8. The van der Waals surface area contributed by atoms with E-state index in [1.165, 1.54) is 0 Å². The van der Waals surface area contributed by atoms with Crippen LogP contribution in [-0.4, -0.2) is 31.7 Å². The number of nitrogens with zero attached hydrogens (tertiary/aromatic N) is 5. The van der Waals surface area contributed by atoms with Crippen LogP contribution in [0.4, 0.5) is 0 Å². The van der Waals surface area contributed by atoms with E-state index in [2.05, 4.69) is 20.5 Å². The third kappa shape index (κ3) is 3.20. The molecule has 1 atom stereocenters. The van der Waals surface area contributed by atoms with Gasteiger partial charge in [0.1, 0.15) is 18.3 Å². The maximum absolute atomic E-state index is 5.43. The molecule has 3 rings (SSSR count). The van der Waals surface area contributed by atoms with Crippen LogP contribution >= 0.6 is 0 Å². The van der Waals surface area contributed by atoms with Crippen molar-refractivity contribution in [2.45, 2.75) is 26.5 Å². The Morgan fingerprint density at radius 2 is 2.09 bits per heavy atom. The van der Waals surface area contributed by atoms with Gasteiger partial charge in [0.05, 0.1) is 6.20 Å². The van der Waals surface area contributed by atoms with Crippen molar-refractivity contribution in [1.82, 2.24) is 25.1 Å². The number of ether oxygens (including phenoxy) is 1. The highest BCUT2D eigenvalue weighted by Gasteiger charge is 2.14. The summed E-state index contributed by atoms with van der Waals surface area (Å²) in [6.45, 7) is 4.80. The fraction of sp³-hybridized carbons (Fsp3) is 0.333. The zero-order chi connectivity index (χ0) is 15.4. The van der Waals surface area contributed by atoms with Crippen molar-refractivity contribution in [3.8, 4) is 11.3 Å². The molecule has 2 heterocycles. The number of rotatable bonds is 6. The van der Waals surface area contributed by atoms with Crippen molar-refractivity contribution in [3.05, 3.63) is 48.2 Å². The van der Waals surface area contributed by atoms with E-state index in [-0.39, 0.29) is 6.10 Å². The Balaban J connectivity index is 1.70. The average Bonchev–Trinajstić information content (AvgIpc) is 3.18. The number of aromatic nitrogens is 5. The molecule has 0 fully saturated rings. The molecular formula is C15H17N5O2. The second-order valence-electron chi connectivity index (χ2n) is 4.81. The van der Waals surface area contributed by atoms with Crippen molar-refractivity contribution >= 4 is 0 Å². The summed E-state index contributed by atoms with van der Waals surface area (Å²) < 4.78 is 12.3. The normalized spacial score (nSPS) is 12.5. The van der Waals surface area contributed by atoms with Crippen molar-refractivity contribution < 1.29 is 9.26 Å². The Hall–Kier alpha value is -2.54. The lowest BCUT2D eigenvalue weighted by atomic mass is 10.2. The van der Waals surface area contributed by atoms with Crippen LogP contribution < -0.4 is 0 Å². The van der Waals surface area contributed by atoms with Crippen LogP contribution in [0.3, 0.4) is 0 Å². The third-order valence-corrected chi connectivity index (χ3v) is 3.17. The molecule has 114 valence electrons. The molecule has 1 aromatic carbocycles. The Bertz CT molecular complexity index is 722. The van der Waals surface area contributed by atoms with E-state index in [0.29, 0.717) is 24.9 Å². The van der Waals surface area contributed by atoms with E-state index in [4.69, 9.17) is 9.26 Å². The number of hydrogen-bond donors (Lipinski definition) is 0. The summed E-state index contributed by atoms with van der Waals surface area (Å²) in [7, 11) is 0. The van der Waals surface area contributed by atoms with Crippen LogP contribution in [0.1, 0.15) is 31.7 Å². The molecule has 0 amide bonds. The van der Waals surface area contributed by atoms with Gasteiger partial charge in [0.15, 0.2) is 5.82 Å². The molecule has 7 nitrogen and oxygen atoms in total. The molecule has 3 aromatic rings. The SMILES string of the molecule is CCO[C@@H](C)c1noc(Cn2cc(-c3ccccc3)nn2)n1. The van der Waals surface area contributed by atoms with E-state index < -0.39 is 0 Å². The highest BCUT2D eigenvalue weighted by Crippen LogP contribution is 2.16. The van der Waals surface area contributed by atoms with Gasteiger partial charge in [-0.1, -0.05) is 40.7 Å². The Morgan fingerprint density at radius 1 is 1.27 bits per heavy atom. The molecule has 0 aliphatic carbocycles. The van der Waals surface area contributed by atoms with Gasteiger partial charge in [0.2, 0.25) is 5.89 Å². The van der Waals surface area contributed by atoms with Crippen LogP contribution in [0.15, 0.2) is 41.1 Å². The average molecular weight is 299 g/mol. The topological polar surface area (TPSA) is 78.9 Å². The minimum atomic E-state index is -0.182. The summed E-state index contributed by atoms with van der Waals surface area (Å²) in [5.41, 5.74) is 1.83. The minimum absolute atomic E-state index is 0.182. The molecule has 0 spiro atoms. The van der Waals surface area contributed by atoms with E-state index >= 15 is 0 Å². The molecule has 22 heavy (non-hydrogen) atoms. The van der Waals surface area contributed by atoms with Crippen LogP contribution in [0.25, 0.3) is 11.3 Å². The van der Waals surface area contributed by atoms with Gasteiger partial charge in [-0.3, -0.25) is 0 Å². The van der Waals surface area contributed by atoms with Gasteiger partial charge in [-0.25, -0.2) is 4.68 Å². The van der Waals surface area contributed by atoms with Gasteiger partial charge < -0.3 is 9.26 Å². The first-order valence-corrected chi connectivity index (χ1v) is 7.16. The largest absolute Gasteiger partial charge is 0.371 e. The Kier molecular flexibility index (Phi) is 4.24. The van der Waals surface area contributed by atoms with Crippen molar-refractivity contribution in [2.75, 3.05) is 6.61 Å². The lowest BCUT2D eigenvalue weighted by molar-refractivity contribution is 0.0683. The molecule has 0 saturated carbocycles. The lowest BCUT2D eigenvalue weighted by Crippen LogP contribution is -2.03. The van der Waals surface area contributed by atoms with Gasteiger partial charge in [-0.15, -0.1) is 5.10 Å². The molecule has 0 N–H and O–H groups in total. The summed E-state index contributed by atoms with van der Waals surface area (Å²) in [6, 6.07) is 9.88. The lowest BCUT2D eigenvalue weighted by Gasteiger charge is -2.04. The number of hydrogen-bond acceptors (Lipinski definition) is 6. The van der Waals surface area contributed by atoms with Gasteiger partial charge in [0.25, 0.3) is 0 Å². The summed E-state index contributed by atoms with van der Waals surface area (Å²) in [4.78, 5) is 4.31. The van der Waals surface area contributed by atoms with E-state index in [1.807, 2.05) is 50.4 Å². The smallest absolute Gasteiger partial charge is 0.248 e. The van der Waals surface area contributed by atoms with E-state index in [1.54, 1.807) is 4.68 Å². The van der Waals surface area contributed by atoms with Crippen LogP contribution in [0.2, 0.25) is 0 Å². The maximum atomic E-state index is 5.43. The van der Waals surface area contributed by atoms with Gasteiger partial charge in [0, 0.05) is 12.2 Å². The van der Waals surface area contributed by atoms with Gasteiger partial charge in [-0.2, -0.15) is 4.98 Å². The first kappa shape index (κ1) is 14.4. The maximum Gasteiger partial charge on any atom is 0.248 e. The van der Waals surface area contributed by atoms with Crippen molar-refractivity contribution in [1.29, 1.82) is 0 Å². The monoisotopic (exact) mass is 299 g/mol. The molecule has 0 saturated heterocycles. The van der Waals surface area contributed by atoms with Crippen LogP contribution in [0, 0.1) is 0 Å². The predicted molar refractivity (Wildman–Crippen MR) is 78.9 cm³/mol. The zero-order valence-electron chi connectivity index (χ0n) is 12.5. The molecule has 0 radical (unpaired) electrons. The molecular weight excluding hydrogens is 282 g/mol. The second-order valence-corrected chi connectivity index (χ2v) is 4.81. The number of benzene rings is 1. The summed E-state index contributed by atoms with van der Waals surface area (Å²) >= 11 is 0. The van der Waals surface area contributed by atoms with Crippen molar-refractivity contribution in [3.63, 3.8) is 0 Å². The fourth-order valence-corrected chi connectivity index (χ4v) is 2.08. The van der Waals surface area contributed by atoms with Crippen LogP contribution in [0.5, 0.6) is 0 Å². The van der Waals surface area contributed by atoms with Crippen LogP contribution in [-0.2, 0) is 11.3 Å². The molecule has 7 heteroatoms. The standard InChI is InChI=1S/C15H17N5O2/c1-3-21-11(2)15-16-14(22-18-15)10-20-9-13(17-19-20)12-7-5-4-6-8-12/h4-9,11H,3,10H2,1-2H3/t11-/m0/s1. The molecule has 0 aliphatic rings. The minimum Gasteiger partial charge on any atom is -0.371 e. The van der Waals surface area contributed by atoms with E-state index in [0.717, 1.165) is 11.3 Å². The molecule has 0 unspecified atom stereocenters. The quantitative estimate of drug-likeness (QED) is 0.695. The van der Waals surface area contributed by atoms with Gasteiger partial charge in [-0.05, 0) is 13.8 Å². The molecule has 2 aromatic heterocycles. The summed E-state index contributed by atoms with van der Waals surface area (Å²) in [5.74, 6) is 1.02. The Labute approximate surface area is 127 Å². The van der Waals surface area contributed by atoms with E-state index in [9.17, 15) is 0 Å². The fourth-order valence-electron chi connectivity index (χ4n) is 2.08. The molecule has 0 bridgehead atoms. The highest BCUT2D eigenvalue weighted by atomic mass is 16.5. The Morgan fingerprint density at radius 3 is 2.86 bits per heavy atom. The highest BCUT2D eigenvalue weighted by molar-refractivity contribution is 5.57. The van der Waals surface area contributed by atoms with Crippen molar-refractivity contribution in [2.24, 2.45) is 0 Å². The second kappa shape index (κ2) is 6.48. The van der Waals surface area contributed by atoms with Gasteiger partial charge >= 0.3 is 0 Å². The zero-order valence-corrected chi connectivity index (χ0v) is 12.5. The molecule has 0 aliphatic heterocycles. The first-order valence-electron chi connectivity index (χ1n) is 7.16. The third-order valence-electron chi connectivity index (χ3n) is 3.17. The predicted octanol–water partition coefficient (Wildman–Crippen LogP) is 2.47.